The van der Waals surface area contributed by atoms with E-state index in [-0.39, 0.29) is 0 Å². The first-order valence-corrected chi connectivity index (χ1v) is 2.21. The van der Waals surface area contributed by atoms with Crippen LogP contribution in [-0.4, -0.2) is 17.8 Å². The number of carboxylic acid groups (broad SMARTS) is 1. The second-order valence-corrected chi connectivity index (χ2v) is 0.985. The van der Waals surface area contributed by atoms with E-state index in [0.29, 0.717) is 0 Å². The second-order valence-electron chi connectivity index (χ2n) is 0.985. The summed E-state index contributed by atoms with van der Waals surface area (Å²) < 4.78 is 10.6. The van der Waals surface area contributed by atoms with E-state index in [1.165, 1.54) is 6.08 Å². The Morgan fingerprint density at radius 1 is 1.67 bits per heavy atom. The third kappa shape index (κ3) is 46.4. The molecule has 0 rings (SSSR count). The van der Waals surface area contributed by atoms with Crippen LogP contribution in [0.15, 0.2) is 25.3 Å². The van der Waals surface area contributed by atoms with Gasteiger partial charge in [0.2, 0.25) is 0 Å². The van der Waals surface area contributed by atoms with Crippen LogP contribution < -0.4 is 0 Å². The summed E-state index contributed by atoms with van der Waals surface area (Å²) in [6.07, 6.45) is 2.04. The molecule has 0 aromatic heterocycles. The van der Waals surface area contributed by atoms with Gasteiger partial charge in [0.15, 0.2) is 0 Å². The highest BCUT2D eigenvalue weighted by molar-refractivity contribution is 5.78. The first kappa shape index (κ1) is 10.8. The summed E-state index contributed by atoms with van der Waals surface area (Å²) in [4.78, 5) is 9.25. The van der Waals surface area contributed by atoms with Crippen LogP contribution >= 0.6 is 0 Å². The average Bonchev–Trinajstić information content (AvgIpc) is 1.89. The Bertz CT molecular complexity index is 99.2. The van der Waals surface area contributed by atoms with Crippen LogP contribution in [0, 0.1) is 0 Å². The van der Waals surface area contributed by atoms with Crippen LogP contribution in [0.5, 0.6) is 0 Å². The quantitative estimate of drug-likeness (QED) is 0.455. The van der Waals surface area contributed by atoms with Crippen LogP contribution in [0.3, 0.4) is 0 Å². The predicted molar refractivity (Wildman–Crippen MR) is 34.0 cm³/mol. The molecule has 3 heteroatoms. The summed E-state index contributed by atoms with van der Waals surface area (Å²) in [7, 11) is 0. The molecule has 2 nitrogen and oxygen atoms in total. The van der Waals surface area contributed by atoms with Crippen molar-refractivity contribution in [3.05, 3.63) is 25.3 Å². The molecule has 0 bridgehead atoms. The van der Waals surface area contributed by atoms with Crippen molar-refractivity contribution < 1.29 is 14.3 Å². The van der Waals surface area contributed by atoms with Gasteiger partial charge in [-0.1, -0.05) is 12.7 Å². The summed E-state index contributed by atoms with van der Waals surface area (Å²) in [5, 5.41) is 7.60. The molecule has 0 heterocycles. The van der Waals surface area contributed by atoms with Gasteiger partial charge in [0.25, 0.3) is 0 Å². The van der Waals surface area contributed by atoms with Gasteiger partial charge in [-0.2, -0.15) is 0 Å². The van der Waals surface area contributed by atoms with E-state index >= 15 is 0 Å². The lowest BCUT2D eigenvalue weighted by atomic mass is 10.7. The van der Waals surface area contributed by atoms with Crippen molar-refractivity contribution >= 4 is 5.97 Å². The van der Waals surface area contributed by atoms with Crippen molar-refractivity contribution in [3.63, 3.8) is 0 Å². The lowest BCUT2D eigenvalue weighted by Crippen LogP contribution is -1.82. The maximum absolute atomic E-state index is 10.6. The van der Waals surface area contributed by atoms with E-state index in [4.69, 9.17) is 5.11 Å². The molecule has 0 radical (unpaired) electrons. The molecule has 0 spiro atoms. The number of rotatable bonds is 2. The molecule has 0 fully saturated rings. The number of hydrogen-bond donors (Lipinski definition) is 1. The first-order chi connectivity index (χ1) is 4.18. The minimum absolute atomic E-state index is 0.417. The standard InChI is InChI=1S/C3H5F.C3H4O2/c1-2-3-4;1-2-3(4)5/h2H,1,3H2;2H,1H2,(H,4,5). The van der Waals surface area contributed by atoms with Crippen LogP contribution in [-0.2, 0) is 4.79 Å². The Hall–Kier alpha value is -1.12. The highest BCUT2D eigenvalue weighted by Gasteiger charge is 1.73. The molecule has 0 saturated carbocycles. The SMILES string of the molecule is C=CC(=O)O.C=CCF. The van der Waals surface area contributed by atoms with E-state index in [2.05, 4.69) is 13.2 Å². The lowest BCUT2D eigenvalue weighted by molar-refractivity contribution is -0.131. The molecule has 0 amide bonds. The van der Waals surface area contributed by atoms with E-state index in [0.717, 1.165) is 6.08 Å². The van der Waals surface area contributed by atoms with Gasteiger partial charge in [0.05, 0.1) is 0 Å². The number of aliphatic carboxylic acids is 1. The minimum atomic E-state index is -0.981. The third-order valence-electron chi connectivity index (χ3n) is 0.284. The molecule has 0 unspecified atom stereocenters. The second kappa shape index (κ2) is 9.99. The van der Waals surface area contributed by atoms with Gasteiger partial charge >= 0.3 is 5.97 Å². The van der Waals surface area contributed by atoms with Crippen LogP contribution in [0.4, 0.5) is 4.39 Å². The zero-order valence-electron chi connectivity index (χ0n) is 5.01. The van der Waals surface area contributed by atoms with Crippen molar-refractivity contribution in [3.8, 4) is 0 Å². The average molecular weight is 132 g/mol. The van der Waals surface area contributed by atoms with E-state index in [1.54, 1.807) is 0 Å². The number of hydrogen-bond acceptors (Lipinski definition) is 1. The summed E-state index contributed by atoms with van der Waals surface area (Å²) in [6, 6.07) is 0. The topological polar surface area (TPSA) is 37.3 Å². The predicted octanol–water partition coefficient (Wildman–Crippen LogP) is 1.40. The lowest BCUT2D eigenvalue weighted by Gasteiger charge is -1.64. The van der Waals surface area contributed by atoms with Crippen molar-refractivity contribution in [1.82, 2.24) is 0 Å². The highest BCUT2D eigenvalue weighted by atomic mass is 19.1. The molecule has 0 aliphatic heterocycles. The van der Waals surface area contributed by atoms with Crippen molar-refractivity contribution in [2.45, 2.75) is 0 Å². The summed E-state index contributed by atoms with van der Waals surface area (Å²) in [5.41, 5.74) is 0. The Morgan fingerprint density at radius 2 is 1.89 bits per heavy atom. The fraction of sp³-hybridized carbons (Fsp3) is 0.167. The summed E-state index contributed by atoms with van der Waals surface area (Å²) in [5.74, 6) is -0.981. The Balaban J connectivity index is 0. The summed E-state index contributed by atoms with van der Waals surface area (Å²) >= 11 is 0. The Kier molecular flexibility index (Phi) is 12.0. The smallest absolute Gasteiger partial charge is 0.327 e. The van der Waals surface area contributed by atoms with Crippen molar-refractivity contribution in [2.24, 2.45) is 0 Å². The maximum Gasteiger partial charge on any atom is 0.327 e. The van der Waals surface area contributed by atoms with Gasteiger partial charge < -0.3 is 5.11 Å². The van der Waals surface area contributed by atoms with Crippen molar-refractivity contribution in [1.29, 1.82) is 0 Å². The Labute approximate surface area is 53.3 Å². The van der Waals surface area contributed by atoms with Crippen LogP contribution in [0.2, 0.25) is 0 Å². The maximum atomic E-state index is 10.6. The molecule has 0 saturated heterocycles. The van der Waals surface area contributed by atoms with Gasteiger partial charge in [-0.25, -0.2) is 9.18 Å². The van der Waals surface area contributed by atoms with Gasteiger partial charge in [-0.05, 0) is 0 Å². The molecular weight excluding hydrogens is 123 g/mol. The fourth-order valence-electron chi connectivity index (χ4n) is 0. The largest absolute Gasteiger partial charge is 0.478 e. The number of carboxylic acids is 1. The van der Waals surface area contributed by atoms with Gasteiger partial charge in [0, 0.05) is 6.08 Å². The normalized spacial score (nSPS) is 6.33. The first-order valence-electron chi connectivity index (χ1n) is 2.21. The number of allylic oxidation sites excluding steroid dienone is 1. The molecule has 0 aliphatic carbocycles. The van der Waals surface area contributed by atoms with Gasteiger partial charge in [-0.15, -0.1) is 6.58 Å². The molecule has 0 aliphatic rings. The molecule has 1 N–H and O–H groups in total. The van der Waals surface area contributed by atoms with Crippen LogP contribution in [0.1, 0.15) is 0 Å². The van der Waals surface area contributed by atoms with Crippen LogP contribution in [0.25, 0.3) is 0 Å². The fourth-order valence-corrected chi connectivity index (χ4v) is 0. The molecule has 52 valence electrons. The molecule has 0 aromatic carbocycles. The third-order valence-corrected chi connectivity index (χ3v) is 0.284. The molecule has 0 aromatic rings. The molecular formula is C6H9FO2. The zero-order chi connectivity index (χ0) is 7.70. The number of carbonyl (C=O) groups is 1. The number of alkyl halides is 1. The van der Waals surface area contributed by atoms with Crippen molar-refractivity contribution in [2.75, 3.05) is 6.67 Å². The monoisotopic (exact) mass is 132 g/mol. The summed E-state index contributed by atoms with van der Waals surface area (Å²) in [6.45, 7) is 5.65. The minimum Gasteiger partial charge on any atom is -0.478 e. The zero-order valence-corrected chi connectivity index (χ0v) is 5.01. The molecule has 9 heavy (non-hydrogen) atoms. The highest BCUT2D eigenvalue weighted by Crippen LogP contribution is 1.59. The van der Waals surface area contributed by atoms with Gasteiger partial charge in [-0.3, -0.25) is 0 Å². The molecule has 0 atom stereocenters. The van der Waals surface area contributed by atoms with E-state index < -0.39 is 12.6 Å². The number of halogens is 1. The van der Waals surface area contributed by atoms with Gasteiger partial charge in [0.1, 0.15) is 6.67 Å². The Morgan fingerprint density at radius 3 is 1.89 bits per heavy atom. The van der Waals surface area contributed by atoms with E-state index in [1.807, 2.05) is 0 Å². The van der Waals surface area contributed by atoms with E-state index in [9.17, 15) is 9.18 Å².